The minimum absolute atomic E-state index is 0.0763. The molecule has 116 valence electrons. The second-order valence-electron chi connectivity index (χ2n) is 4.10. The lowest BCUT2D eigenvalue weighted by molar-refractivity contribution is -0.117. The molecular formula is C12H15NO7S. The van der Waals surface area contributed by atoms with Crippen molar-refractivity contribution in [3.05, 3.63) is 17.7 Å². The van der Waals surface area contributed by atoms with Crippen LogP contribution >= 0.6 is 0 Å². The number of sulfone groups is 1. The predicted molar refractivity (Wildman–Crippen MR) is 72.3 cm³/mol. The molecule has 0 bridgehead atoms. The van der Waals surface area contributed by atoms with Gasteiger partial charge < -0.3 is 20.3 Å². The number of rotatable bonds is 6. The van der Waals surface area contributed by atoms with Crippen molar-refractivity contribution in [1.29, 1.82) is 0 Å². The third-order valence-corrected chi connectivity index (χ3v) is 4.93. The summed E-state index contributed by atoms with van der Waals surface area (Å²) in [6.45, 7) is 1.12. The normalized spacial score (nSPS) is 12.5. The zero-order valence-corrected chi connectivity index (χ0v) is 12.4. The molecule has 0 radical (unpaired) electrons. The Bertz CT molecular complexity index is 681. The molecule has 0 saturated heterocycles. The van der Waals surface area contributed by atoms with Gasteiger partial charge >= 0.3 is 5.97 Å². The van der Waals surface area contributed by atoms with E-state index >= 15 is 0 Å². The number of carboxylic acid groups (broad SMARTS) is 1. The maximum absolute atomic E-state index is 12.2. The summed E-state index contributed by atoms with van der Waals surface area (Å²) in [5.74, 6) is -2.63. The molecule has 0 saturated carbocycles. The smallest absolute Gasteiger partial charge is 0.339 e. The Labute approximate surface area is 121 Å². The van der Waals surface area contributed by atoms with Gasteiger partial charge in [-0.2, -0.15) is 0 Å². The topological polar surface area (TPSA) is 133 Å². The first-order chi connectivity index (χ1) is 9.66. The number of hydrogen-bond acceptors (Lipinski definition) is 6. The van der Waals surface area contributed by atoms with Crippen LogP contribution in [0.3, 0.4) is 0 Å². The van der Waals surface area contributed by atoms with Crippen LogP contribution in [0.25, 0.3) is 0 Å². The van der Waals surface area contributed by atoms with Crippen molar-refractivity contribution in [2.75, 3.05) is 14.2 Å². The third-order valence-electron chi connectivity index (χ3n) is 2.88. The van der Waals surface area contributed by atoms with Crippen molar-refractivity contribution in [3.8, 4) is 11.5 Å². The summed E-state index contributed by atoms with van der Waals surface area (Å²) in [5, 5.41) is 7.63. The van der Waals surface area contributed by atoms with Crippen LogP contribution in [0.2, 0.25) is 0 Å². The molecule has 0 aliphatic carbocycles. The van der Waals surface area contributed by atoms with Gasteiger partial charge in [-0.05, 0) is 13.0 Å². The summed E-state index contributed by atoms with van der Waals surface area (Å²) in [7, 11) is -1.67. The molecule has 1 amide bonds. The van der Waals surface area contributed by atoms with Crippen LogP contribution in [0.15, 0.2) is 17.0 Å². The number of primary amides is 1. The zero-order valence-electron chi connectivity index (χ0n) is 11.6. The lowest BCUT2D eigenvalue weighted by Crippen LogP contribution is -2.33. The van der Waals surface area contributed by atoms with Crippen molar-refractivity contribution in [2.45, 2.75) is 17.1 Å². The summed E-state index contributed by atoms with van der Waals surface area (Å²) < 4.78 is 34.3. The molecule has 0 heterocycles. The van der Waals surface area contributed by atoms with E-state index in [9.17, 15) is 18.0 Å². The molecule has 0 aromatic heterocycles. The number of methoxy groups -OCH3 is 2. The van der Waals surface area contributed by atoms with Crippen molar-refractivity contribution >= 4 is 21.7 Å². The fourth-order valence-electron chi connectivity index (χ4n) is 1.62. The van der Waals surface area contributed by atoms with E-state index in [4.69, 9.17) is 20.3 Å². The number of carboxylic acids is 1. The standard InChI is InChI=1S/C12H15NO7S/c1-6(11(13)14)21(17,18)7-4-8(12(15)16)10(20-3)9(5-7)19-2/h4-6H,1-3H3,(H2,13,14)(H,15,16). The number of carbonyl (C=O) groups excluding carboxylic acids is 1. The lowest BCUT2D eigenvalue weighted by Gasteiger charge is -2.15. The van der Waals surface area contributed by atoms with E-state index in [1.165, 1.54) is 14.2 Å². The highest BCUT2D eigenvalue weighted by Gasteiger charge is 2.31. The Morgan fingerprint density at radius 2 is 1.81 bits per heavy atom. The first kappa shape index (κ1) is 16.8. The number of hydrogen-bond donors (Lipinski definition) is 2. The van der Waals surface area contributed by atoms with Crippen molar-refractivity contribution in [2.24, 2.45) is 5.73 Å². The Hall–Kier alpha value is -2.29. The maximum Gasteiger partial charge on any atom is 0.339 e. The molecule has 8 nitrogen and oxygen atoms in total. The Morgan fingerprint density at radius 1 is 1.24 bits per heavy atom. The molecule has 1 unspecified atom stereocenters. The Morgan fingerprint density at radius 3 is 2.19 bits per heavy atom. The Kier molecular flexibility index (Phi) is 4.79. The number of carbonyl (C=O) groups is 2. The molecule has 21 heavy (non-hydrogen) atoms. The zero-order chi connectivity index (χ0) is 16.4. The van der Waals surface area contributed by atoms with Crippen LogP contribution in [0.4, 0.5) is 0 Å². The maximum atomic E-state index is 12.2. The summed E-state index contributed by atoms with van der Waals surface area (Å²) >= 11 is 0. The van der Waals surface area contributed by atoms with Crippen LogP contribution in [-0.4, -0.2) is 44.9 Å². The fourth-order valence-corrected chi connectivity index (χ4v) is 2.89. The molecule has 0 fully saturated rings. The molecule has 0 spiro atoms. The highest BCUT2D eigenvalue weighted by molar-refractivity contribution is 7.92. The summed E-state index contributed by atoms with van der Waals surface area (Å²) in [6.07, 6.45) is 0. The van der Waals surface area contributed by atoms with Crippen LogP contribution in [0.5, 0.6) is 11.5 Å². The number of nitrogens with two attached hydrogens (primary N) is 1. The van der Waals surface area contributed by atoms with Gasteiger partial charge in [-0.3, -0.25) is 4.79 Å². The van der Waals surface area contributed by atoms with Crippen molar-refractivity contribution in [1.82, 2.24) is 0 Å². The van der Waals surface area contributed by atoms with Crippen LogP contribution in [0, 0.1) is 0 Å². The first-order valence-electron chi connectivity index (χ1n) is 5.69. The molecule has 9 heteroatoms. The lowest BCUT2D eigenvalue weighted by atomic mass is 10.2. The second kappa shape index (κ2) is 6.00. The molecule has 1 aromatic rings. The van der Waals surface area contributed by atoms with Crippen molar-refractivity contribution < 1.29 is 32.6 Å². The monoisotopic (exact) mass is 317 g/mol. The second-order valence-corrected chi connectivity index (χ2v) is 6.37. The molecule has 1 rings (SSSR count). The van der Waals surface area contributed by atoms with Gasteiger partial charge in [0.05, 0.1) is 19.1 Å². The molecular weight excluding hydrogens is 302 g/mol. The average molecular weight is 317 g/mol. The van der Waals surface area contributed by atoms with Gasteiger partial charge in [0.1, 0.15) is 10.8 Å². The van der Waals surface area contributed by atoms with Crippen LogP contribution < -0.4 is 15.2 Å². The van der Waals surface area contributed by atoms with Gasteiger partial charge in [0.15, 0.2) is 21.3 Å². The summed E-state index contributed by atoms with van der Waals surface area (Å²) in [4.78, 5) is 21.9. The minimum atomic E-state index is -4.13. The fraction of sp³-hybridized carbons (Fsp3) is 0.333. The number of benzene rings is 1. The van der Waals surface area contributed by atoms with E-state index in [-0.39, 0.29) is 16.4 Å². The molecule has 1 aromatic carbocycles. The number of amides is 1. The highest BCUT2D eigenvalue weighted by Crippen LogP contribution is 2.35. The number of aromatic carboxylic acids is 1. The first-order valence-corrected chi connectivity index (χ1v) is 7.24. The number of ether oxygens (including phenoxy) is 2. The van der Waals surface area contributed by atoms with Gasteiger partial charge in [0, 0.05) is 6.07 Å². The van der Waals surface area contributed by atoms with E-state index in [1.807, 2.05) is 0 Å². The summed E-state index contributed by atoms with van der Waals surface area (Å²) in [6, 6.07) is 1.98. The van der Waals surface area contributed by atoms with Gasteiger partial charge in [-0.1, -0.05) is 0 Å². The molecule has 0 aliphatic heterocycles. The van der Waals surface area contributed by atoms with Gasteiger partial charge in [0.25, 0.3) is 0 Å². The van der Waals surface area contributed by atoms with Crippen molar-refractivity contribution in [3.63, 3.8) is 0 Å². The van der Waals surface area contributed by atoms with Gasteiger partial charge in [-0.15, -0.1) is 0 Å². The van der Waals surface area contributed by atoms with E-state index in [0.29, 0.717) is 0 Å². The van der Waals surface area contributed by atoms with Crippen LogP contribution in [-0.2, 0) is 14.6 Å². The van der Waals surface area contributed by atoms with E-state index in [2.05, 4.69) is 0 Å². The molecule has 1 atom stereocenters. The average Bonchev–Trinajstić information content (AvgIpc) is 2.44. The highest BCUT2D eigenvalue weighted by atomic mass is 32.2. The van der Waals surface area contributed by atoms with Gasteiger partial charge in [0.2, 0.25) is 5.91 Å². The third kappa shape index (κ3) is 3.07. The van der Waals surface area contributed by atoms with E-state index in [0.717, 1.165) is 19.1 Å². The SMILES string of the molecule is COc1cc(S(=O)(=O)C(C)C(N)=O)cc(C(=O)O)c1OC. The van der Waals surface area contributed by atoms with Gasteiger partial charge in [-0.25, -0.2) is 13.2 Å². The van der Waals surface area contributed by atoms with E-state index < -0.39 is 32.5 Å². The quantitative estimate of drug-likeness (QED) is 0.757. The Balaban J connectivity index is 3.63. The molecule has 0 aliphatic rings. The predicted octanol–water partition coefficient (Wildman–Crippen LogP) is 0.0495. The van der Waals surface area contributed by atoms with Crippen LogP contribution in [0.1, 0.15) is 17.3 Å². The molecule has 3 N–H and O–H groups in total. The minimum Gasteiger partial charge on any atom is -0.493 e. The largest absolute Gasteiger partial charge is 0.493 e. The summed E-state index contributed by atoms with van der Waals surface area (Å²) in [5.41, 5.74) is 4.60. The van der Waals surface area contributed by atoms with E-state index in [1.54, 1.807) is 0 Å².